The average molecular weight is 261 g/mol. The molecule has 0 unspecified atom stereocenters. The van der Waals surface area contributed by atoms with Gasteiger partial charge in [0.1, 0.15) is 5.75 Å². The number of nitrogens with one attached hydrogen (secondary N) is 1. The van der Waals surface area contributed by atoms with Crippen molar-refractivity contribution in [2.75, 3.05) is 6.61 Å². The summed E-state index contributed by atoms with van der Waals surface area (Å²) in [6, 6.07) is 5.27. The van der Waals surface area contributed by atoms with Gasteiger partial charge in [0.25, 0.3) is 0 Å². The largest absolute Gasteiger partial charge is 0.508 e. The van der Waals surface area contributed by atoms with Gasteiger partial charge in [0.15, 0.2) is 0 Å². The third-order valence-electron chi connectivity index (χ3n) is 3.39. The fourth-order valence-electron chi connectivity index (χ4n) is 2.23. The maximum absolute atomic E-state index is 11.9. The van der Waals surface area contributed by atoms with Crippen LogP contribution in [0.1, 0.15) is 17.5 Å². The van der Waals surface area contributed by atoms with Crippen LogP contribution < -0.4 is 5.32 Å². The number of carbonyl (C=O) groups is 1. The Labute approximate surface area is 112 Å². The molecule has 1 aliphatic carbocycles. The molecule has 3 N–H and O–H groups in total. The molecule has 4 nitrogen and oxygen atoms in total. The van der Waals surface area contributed by atoms with Crippen molar-refractivity contribution < 1.29 is 15.0 Å². The second-order valence-corrected chi connectivity index (χ2v) is 5.03. The second kappa shape index (κ2) is 5.89. The van der Waals surface area contributed by atoms with Crippen LogP contribution in [0.2, 0.25) is 0 Å². The zero-order chi connectivity index (χ0) is 13.8. The van der Waals surface area contributed by atoms with Gasteiger partial charge in [-0.05, 0) is 30.5 Å². The second-order valence-electron chi connectivity index (χ2n) is 5.03. The minimum Gasteiger partial charge on any atom is -0.508 e. The third-order valence-corrected chi connectivity index (χ3v) is 3.39. The number of benzene rings is 1. The van der Waals surface area contributed by atoms with Crippen molar-refractivity contribution in [3.05, 3.63) is 41.5 Å². The zero-order valence-electron chi connectivity index (χ0n) is 11.0. The quantitative estimate of drug-likeness (QED) is 0.715. The first-order valence-electron chi connectivity index (χ1n) is 6.45. The molecule has 2 atom stereocenters. The Kier molecular flexibility index (Phi) is 4.22. The Morgan fingerprint density at radius 1 is 1.42 bits per heavy atom. The molecule has 102 valence electrons. The lowest BCUT2D eigenvalue weighted by Gasteiger charge is -2.13. The number of amides is 1. The van der Waals surface area contributed by atoms with Crippen molar-refractivity contribution >= 4 is 5.91 Å². The van der Waals surface area contributed by atoms with E-state index in [1.54, 1.807) is 12.1 Å². The number of aryl methyl sites for hydroxylation is 1. The van der Waals surface area contributed by atoms with E-state index < -0.39 is 0 Å². The average Bonchev–Trinajstić information content (AvgIpc) is 2.81. The highest BCUT2D eigenvalue weighted by atomic mass is 16.3. The fraction of sp³-hybridized carbons (Fsp3) is 0.400. The molecule has 1 aromatic rings. The smallest absolute Gasteiger partial charge is 0.224 e. The first-order chi connectivity index (χ1) is 9.08. The lowest BCUT2D eigenvalue weighted by Crippen LogP contribution is -2.34. The lowest BCUT2D eigenvalue weighted by atomic mass is 10.1. The predicted octanol–water partition coefficient (Wildman–Crippen LogP) is 1.30. The topological polar surface area (TPSA) is 69.6 Å². The molecule has 0 saturated carbocycles. The van der Waals surface area contributed by atoms with Crippen molar-refractivity contribution in [2.24, 2.45) is 5.92 Å². The molecule has 0 heterocycles. The van der Waals surface area contributed by atoms with Crippen LogP contribution in [0.4, 0.5) is 0 Å². The predicted molar refractivity (Wildman–Crippen MR) is 72.8 cm³/mol. The third kappa shape index (κ3) is 3.58. The number of rotatable bonds is 4. The summed E-state index contributed by atoms with van der Waals surface area (Å²) in [5, 5.41) is 21.5. The summed E-state index contributed by atoms with van der Waals surface area (Å²) < 4.78 is 0. The van der Waals surface area contributed by atoms with Gasteiger partial charge < -0.3 is 15.5 Å². The molecule has 0 spiro atoms. The molecule has 4 heteroatoms. The summed E-state index contributed by atoms with van der Waals surface area (Å²) in [7, 11) is 0. The van der Waals surface area contributed by atoms with E-state index in [9.17, 15) is 9.90 Å². The number of phenols is 1. The van der Waals surface area contributed by atoms with E-state index in [-0.39, 0.29) is 36.6 Å². The number of aromatic hydroxyl groups is 1. The molecule has 1 amide bonds. The fourth-order valence-corrected chi connectivity index (χ4v) is 2.23. The van der Waals surface area contributed by atoms with Crippen LogP contribution in [0.15, 0.2) is 30.4 Å². The molecule has 0 radical (unpaired) electrons. The van der Waals surface area contributed by atoms with E-state index in [1.165, 1.54) is 0 Å². The van der Waals surface area contributed by atoms with Crippen LogP contribution in [0.25, 0.3) is 0 Å². The van der Waals surface area contributed by atoms with E-state index in [1.807, 2.05) is 25.1 Å². The van der Waals surface area contributed by atoms with Gasteiger partial charge in [-0.1, -0.05) is 24.3 Å². The molecule has 1 aliphatic rings. The Morgan fingerprint density at radius 3 is 2.84 bits per heavy atom. The molecular weight excluding hydrogens is 242 g/mol. The first-order valence-corrected chi connectivity index (χ1v) is 6.45. The van der Waals surface area contributed by atoms with Crippen molar-refractivity contribution in [1.29, 1.82) is 0 Å². The molecule has 0 aliphatic heterocycles. The van der Waals surface area contributed by atoms with Gasteiger partial charge >= 0.3 is 0 Å². The van der Waals surface area contributed by atoms with Gasteiger partial charge in [-0.25, -0.2) is 0 Å². The SMILES string of the molecule is Cc1ccc(CC(=O)N[C@@H]2C=C[C@H](CO)C2)cc1O. The molecule has 0 aromatic heterocycles. The maximum atomic E-state index is 11.9. The Balaban J connectivity index is 1.88. The Bertz CT molecular complexity index is 496. The van der Waals surface area contributed by atoms with E-state index in [0.29, 0.717) is 0 Å². The number of aliphatic hydroxyl groups excluding tert-OH is 1. The Morgan fingerprint density at radius 2 is 2.21 bits per heavy atom. The van der Waals surface area contributed by atoms with Crippen LogP contribution in [0, 0.1) is 12.8 Å². The number of aliphatic hydroxyl groups is 1. The summed E-state index contributed by atoms with van der Waals surface area (Å²) >= 11 is 0. The first kappa shape index (κ1) is 13.6. The molecule has 19 heavy (non-hydrogen) atoms. The number of phenolic OH excluding ortho intramolecular Hbond substituents is 1. The van der Waals surface area contributed by atoms with Crippen molar-refractivity contribution in [3.63, 3.8) is 0 Å². The van der Waals surface area contributed by atoms with Crippen molar-refractivity contribution in [3.8, 4) is 5.75 Å². The van der Waals surface area contributed by atoms with Gasteiger partial charge in [-0.3, -0.25) is 4.79 Å². The minimum absolute atomic E-state index is 0.00342. The maximum Gasteiger partial charge on any atom is 0.224 e. The van der Waals surface area contributed by atoms with Gasteiger partial charge in [0.05, 0.1) is 6.42 Å². The minimum atomic E-state index is -0.0727. The summed E-state index contributed by atoms with van der Waals surface area (Å²) in [4.78, 5) is 11.9. The molecule has 0 fully saturated rings. The molecule has 1 aromatic carbocycles. The van der Waals surface area contributed by atoms with E-state index in [0.717, 1.165) is 17.5 Å². The monoisotopic (exact) mass is 261 g/mol. The molecule has 0 saturated heterocycles. The van der Waals surface area contributed by atoms with E-state index in [4.69, 9.17) is 5.11 Å². The van der Waals surface area contributed by atoms with Gasteiger partial charge in [-0.2, -0.15) is 0 Å². The summed E-state index contributed by atoms with van der Waals surface area (Å²) in [6.07, 6.45) is 4.86. The number of hydrogen-bond acceptors (Lipinski definition) is 3. The van der Waals surface area contributed by atoms with E-state index in [2.05, 4.69) is 5.32 Å². The highest BCUT2D eigenvalue weighted by molar-refractivity contribution is 5.79. The van der Waals surface area contributed by atoms with Crippen LogP contribution in [-0.4, -0.2) is 28.8 Å². The lowest BCUT2D eigenvalue weighted by molar-refractivity contribution is -0.120. The Hall–Kier alpha value is -1.81. The molecule has 0 bridgehead atoms. The van der Waals surface area contributed by atoms with Crippen LogP contribution >= 0.6 is 0 Å². The number of hydrogen-bond donors (Lipinski definition) is 3. The van der Waals surface area contributed by atoms with Crippen LogP contribution in [0.5, 0.6) is 5.75 Å². The highest BCUT2D eigenvalue weighted by Gasteiger charge is 2.19. The standard InChI is InChI=1S/C15H19NO3/c1-10-2-3-11(7-14(10)18)8-15(19)16-13-5-4-12(6-13)9-17/h2-5,7,12-13,17-18H,6,8-9H2,1H3,(H,16,19)/t12-,13+/m0/s1. The highest BCUT2D eigenvalue weighted by Crippen LogP contribution is 2.19. The summed E-state index contributed by atoms with van der Waals surface area (Å²) in [6.45, 7) is 1.94. The van der Waals surface area contributed by atoms with Gasteiger partial charge in [0, 0.05) is 18.6 Å². The number of carbonyl (C=O) groups excluding carboxylic acids is 1. The van der Waals surface area contributed by atoms with Crippen molar-refractivity contribution in [1.82, 2.24) is 5.32 Å². The van der Waals surface area contributed by atoms with Gasteiger partial charge in [0.2, 0.25) is 5.91 Å². The van der Waals surface area contributed by atoms with Crippen molar-refractivity contribution in [2.45, 2.75) is 25.8 Å². The van der Waals surface area contributed by atoms with Crippen LogP contribution in [0.3, 0.4) is 0 Å². The summed E-state index contributed by atoms with van der Waals surface area (Å²) in [5.74, 6) is 0.289. The zero-order valence-corrected chi connectivity index (χ0v) is 11.0. The van der Waals surface area contributed by atoms with Gasteiger partial charge in [-0.15, -0.1) is 0 Å². The molecule has 2 rings (SSSR count). The van der Waals surface area contributed by atoms with Crippen LogP contribution in [-0.2, 0) is 11.2 Å². The molecular formula is C15H19NO3. The normalized spacial score (nSPS) is 21.6. The summed E-state index contributed by atoms with van der Waals surface area (Å²) in [5.41, 5.74) is 1.59. The van der Waals surface area contributed by atoms with E-state index >= 15 is 0 Å².